The van der Waals surface area contributed by atoms with Crippen molar-refractivity contribution in [3.05, 3.63) is 82.9 Å². The van der Waals surface area contributed by atoms with Crippen molar-refractivity contribution in [2.45, 2.75) is 26.6 Å². The number of ether oxygens (including phenoxy) is 2. The van der Waals surface area contributed by atoms with Crippen LogP contribution >= 0.6 is 0 Å². The van der Waals surface area contributed by atoms with Gasteiger partial charge in [-0.15, -0.1) is 6.07 Å². The molecule has 0 fully saturated rings. The molecule has 0 atom stereocenters. The molecule has 0 amide bonds. The number of hydrogen-bond acceptors (Lipinski definition) is 2. The Morgan fingerprint density at radius 1 is 1.08 bits per heavy atom. The van der Waals surface area contributed by atoms with Gasteiger partial charge in [0.05, 0.1) is 0 Å². The molecule has 0 saturated heterocycles. The van der Waals surface area contributed by atoms with Gasteiger partial charge in [0.2, 0.25) is 0 Å². The Bertz CT molecular complexity index is 713. The van der Waals surface area contributed by atoms with Crippen molar-refractivity contribution in [2.75, 3.05) is 14.2 Å². The smallest absolute Gasteiger partial charge is 0.160 e. The molecule has 3 heteroatoms. The van der Waals surface area contributed by atoms with Gasteiger partial charge in [0.15, 0.2) is 6.29 Å². The van der Waals surface area contributed by atoms with Crippen molar-refractivity contribution in [2.24, 2.45) is 0 Å². The Morgan fingerprint density at radius 2 is 1.72 bits per heavy atom. The molecule has 129 valence electrons. The quantitative estimate of drug-likeness (QED) is 0.356. The third-order valence-electron chi connectivity index (χ3n) is 4.13. The van der Waals surface area contributed by atoms with Gasteiger partial charge in [-0.2, -0.15) is 29.8 Å². The summed E-state index contributed by atoms with van der Waals surface area (Å²) < 4.78 is 10.8. The first kappa shape index (κ1) is 22.0. The van der Waals surface area contributed by atoms with Crippen molar-refractivity contribution >= 4 is 11.6 Å². The van der Waals surface area contributed by atoms with Crippen molar-refractivity contribution in [1.29, 1.82) is 0 Å². The molecule has 0 aliphatic heterocycles. The van der Waals surface area contributed by atoms with Gasteiger partial charge in [-0.05, 0) is 18.1 Å². The fourth-order valence-electron chi connectivity index (χ4n) is 2.59. The summed E-state index contributed by atoms with van der Waals surface area (Å²) in [5, 5.41) is 0. The third-order valence-corrected chi connectivity index (χ3v) is 4.13. The second-order valence-corrected chi connectivity index (χ2v) is 5.89. The fourth-order valence-corrected chi connectivity index (χ4v) is 2.59. The van der Waals surface area contributed by atoms with E-state index in [1.54, 1.807) is 14.2 Å². The zero-order valence-electron chi connectivity index (χ0n) is 15.5. The number of methoxy groups -OCH3 is 2. The van der Waals surface area contributed by atoms with Gasteiger partial charge < -0.3 is 9.47 Å². The number of benzene rings is 2. The molecular formula is C22H25O2Y-. The monoisotopic (exact) mass is 410 g/mol. The fraction of sp³-hybridized carbons (Fsp3) is 0.273. The molecule has 0 heterocycles. The minimum atomic E-state index is -0.270. The minimum absolute atomic E-state index is 0. The Kier molecular flexibility index (Phi) is 9.52. The van der Waals surface area contributed by atoms with Crippen LogP contribution in [0.4, 0.5) is 0 Å². The maximum absolute atomic E-state index is 5.39. The molecule has 0 saturated carbocycles. The number of hydrogen-bond donors (Lipinski definition) is 0. The van der Waals surface area contributed by atoms with Gasteiger partial charge in [-0.3, -0.25) is 0 Å². The van der Waals surface area contributed by atoms with Crippen LogP contribution in [0.1, 0.15) is 34.2 Å². The number of rotatable bonds is 7. The summed E-state index contributed by atoms with van der Waals surface area (Å²) in [6, 6.07) is 14.8. The van der Waals surface area contributed by atoms with Gasteiger partial charge in [0, 0.05) is 53.3 Å². The van der Waals surface area contributed by atoms with E-state index in [-0.39, 0.29) is 39.0 Å². The normalized spacial score (nSPS) is 11.3. The van der Waals surface area contributed by atoms with E-state index in [2.05, 4.69) is 75.0 Å². The Morgan fingerprint density at radius 3 is 2.28 bits per heavy atom. The molecule has 0 bridgehead atoms. The molecule has 0 N–H and O–H groups in total. The summed E-state index contributed by atoms with van der Waals surface area (Å²) in [7, 11) is 3.33. The van der Waals surface area contributed by atoms with Crippen molar-refractivity contribution in [1.82, 2.24) is 0 Å². The average Bonchev–Trinajstić information content (AvgIpc) is 2.60. The van der Waals surface area contributed by atoms with Crippen LogP contribution < -0.4 is 0 Å². The van der Waals surface area contributed by atoms with Crippen molar-refractivity contribution < 1.29 is 42.2 Å². The van der Waals surface area contributed by atoms with E-state index >= 15 is 0 Å². The van der Waals surface area contributed by atoms with E-state index in [0.29, 0.717) is 6.42 Å². The molecule has 0 aromatic heterocycles. The van der Waals surface area contributed by atoms with Crippen LogP contribution in [0.15, 0.2) is 49.0 Å². The van der Waals surface area contributed by atoms with Gasteiger partial charge in [0.25, 0.3) is 0 Å². The summed E-state index contributed by atoms with van der Waals surface area (Å²) in [6.45, 7) is 7.92. The molecule has 2 nitrogen and oxygen atoms in total. The summed E-state index contributed by atoms with van der Waals surface area (Å²) in [5.41, 5.74) is 6.90. The molecular weight excluding hydrogens is 385 g/mol. The second-order valence-electron chi connectivity index (χ2n) is 5.89. The summed E-state index contributed by atoms with van der Waals surface area (Å²) in [5.74, 6) is 0. The van der Waals surface area contributed by atoms with Crippen LogP contribution in [0, 0.1) is 19.9 Å². The van der Waals surface area contributed by atoms with Crippen LogP contribution in [0.5, 0.6) is 0 Å². The zero-order valence-corrected chi connectivity index (χ0v) is 18.3. The molecule has 0 spiro atoms. The summed E-state index contributed by atoms with van der Waals surface area (Å²) in [4.78, 5) is 0. The first-order valence-corrected chi connectivity index (χ1v) is 8.04. The minimum Gasteiger partial charge on any atom is -0.356 e. The Hall–Kier alpha value is -1.06. The first-order valence-electron chi connectivity index (χ1n) is 8.04. The zero-order chi connectivity index (χ0) is 17.5. The molecule has 2 aromatic carbocycles. The average molecular weight is 410 g/mol. The maximum atomic E-state index is 5.39. The first-order chi connectivity index (χ1) is 11.6. The van der Waals surface area contributed by atoms with E-state index in [9.17, 15) is 0 Å². The predicted molar refractivity (Wildman–Crippen MR) is 101 cm³/mol. The van der Waals surface area contributed by atoms with Crippen molar-refractivity contribution in [3.63, 3.8) is 0 Å². The molecule has 2 aromatic rings. The van der Waals surface area contributed by atoms with E-state index in [0.717, 1.165) is 11.1 Å². The molecule has 0 aliphatic rings. The predicted octanol–water partition coefficient (Wildman–Crippen LogP) is 5.19. The molecule has 25 heavy (non-hydrogen) atoms. The van der Waals surface area contributed by atoms with E-state index in [1.165, 1.54) is 22.3 Å². The topological polar surface area (TPSA) is 18.5 Å². The largest absolute Gasteiger partial charge is 0.356 e. The van der Waals surface area contributed by atoms with Crippen LogP contribution in [-0.4, -0.2) is 20.5 Å². The Labute approximate surface area is 176 Å². The van der Waals surface area contributed by atoms with E-state index < -0.39 is 0 Å². The van der Waals surface area contributed by atoms with Gasteiger partial charge in [0.1, 0.15) is 0 Å². The van der Waals surface area contributed by atoms with Crippen LogP contribution in [0.25, 0.3) is 11.6 Å². The molecule has 0 aliphatic carbocycles. The SMILES string of the molecule is C=[C-]c1cc(/C=C(\CC(OC)OC)c2ccc(C)cc2)ccc1C.[Y]. The Balaban J connectivity index is 0.00000312. The molecule has 0 unspecified atom stereocenters. The molecule has 2 rings (SSSR count). The van der Waals surface area contributed by atoms with Crippen molar-refractivity contribution in [3.8, 4) is 0 Å². The second kappa shape index (κ2) is 10.8. The van der Waals surface area contributed by atoms with E-state index in [4.69, 9.17) is 9.47 Å². The maximum Gasteiger partial charge on any atom is 0.160 e. The third kappa shape index (κ3) is 6.31. The van der Waals surface area contributed by atoms with Crippen LogP contribution in [0.3, 0.4) is 0 Å². The van der Waals surface area contributed by atoms with Crippen LogP contribution in [0.2, 0.25) is 0 Å². The van der Waals surface area contributed by atoms with Gasteiger partial charge in [-0.1, -0.05) is 54.5 Å². The van der Waals surface area contributed by atoms with Gasteiger partial charge >= 0.3 is 0 Å². The van der Waals surface area contributed by atoms with E-state index in [1.807, 2.05) is 0 Å². The van der Waals surface area contributed by atoms with Gasteiger partial charge in [-0.25, -0.2) is 0 Å². The van der Waals surface area contributed by atoms with Crippen LogP contribution in [-0.2, 0) is 42.2 Å². The number of aryl methyl sites for hydroxylation is 2. The summed E-state index contributed by atoms with van der Waals surface area (Å²) in [6.07, 6.45) is 5.57. The summed E-state index contributed by atoms with van der Waals surface area (Å²) >= 11 is 0. The standard InChI is InChI=1S/C22H25O2.Y/c1-6-19-13-18(10-9-17(19)3)14-21(15-22(23-4)24-5)20-11-7-16(2)8-12-20;/h7-14,22H,1,15H2,2-5H3;/q-1;/b21-14+;. The molecule has 1 radical (unpaired) electrons.